The molecule has 2 rings (SSSR count). The largest absolute Gasteiger partial charge is 0.239 e. The summed E-state index contributed by atoms with van der Waals surface area (Å²) in [6.07, 6.45) is 0.386. The third-order valence-corrected chi connectivity index (χ3v) is 4.54. The summed E-state index contributed by atoms with van der Waals surface area (Å²) in [5.41, 5.74) is 1.67. The third kappa shape index (κ3) is 3.34. The molecule has 1 unspecified atom stereocenters. The quantitative estimate of drug-likeness (QED) is 0.803. The van der Waals surface area contributed by atoms with Crippen LogP contribution in [0.25, 0.3) is 0 Å². The summed E-state index contributed by atoms with van der Waals surface area (Å²) in [7, 11) is 1.91. The molecule has 0 amide bonds. The second-order valence-corrected chi connectivity index (χ2v) is 6.88. The van der Waals surface area contributed by atoms with Crippen LogP contribution in [-0.2, 0) is 15.5 Å². The molecular weight excluding hydrogens is 268 g/mol. The molecule has 94 valence electrons. The average molecular weight is 281 g/mol. The first-order valence-corrected chi connectivity index (χ1v) is 7.97. The molecule has 0 N–H and O–H groups in total. The molecular formula is C14H13ClO2S. The predicted molar refractivity (Wildman–Crippen MR) is 74.1 cm³/mol. The molecule has 0 aliphatic carbocycles. The molecule has 0 aromatic heterocycles. The molecule has 1 atom stereocenters. The van der Waals surface area contributed by atoms with Gasteiger partial charge in [0.2, 0.25) is 9.05 Å². The van der Waals surface area contributed by atoms with Crippen LogP contribution < -0.4 is 0 Å². The average Bonchev–Trinajstić information content (AvgIpc) is 2.37. The molecule has 2 nitrogen and oxygen atoms in total. The van der Waals surface area contributed by atoms with E-state index in [2.05, 4.69) is 0 Å². The lowest BCUT2D eigenvalue weighted by Gasteiger charge is -2.14. The van der Waals surface area contributed by atoms with Crippen molar-refractivity contribution in [1.82, 2.24) is 0 Å². The number of benzene rings is 2. The van der Waals surface area contributed by atoms with E-state index < -0.39 is 14.3 Å². The van der Waals surface area contributed by atoms with Crippen molar-refractivity contribution in [2.24, 2.45) is 0 Å². The van der Waals surface area contributed by atoms with Gasteiger partial charge >= 0.3 is 0 Å². The SMILES string of the molecule is O=S(=O)(Cl)C(Cc1ccccc1)c1ccccc1. The number of halogens is 1. The van der Waals surface area contributed by atoms with E-state index in [-0.39, 0.29) is 0 Å². The molecule has 0 radical (unpaired) electrons. The normalized spacial score (nSPS) is 13.2. The van der Waals surface area contributed by atoms with E-state index in [1.165, 1.54) is 0 Å². The first-order valence-electron chi connectivity index (χ1n) is 5.60. The van der Waals surface area contributed by atoms with Crippen LogP contribution in [0.4, 0.5) is 0 Å². The van der Waals surface area contributed by atoms with Gasteiger partial charge < -0.3 is 0 Å². The van der Waals surface area contributed by atoms with E-state index in [0.717, 1.165) is 11.1 Å². The van der Waals surface area contributed by atoms with E-state index in [1.54, 1.807) is 12.1 Å². The van der Waals surface area contributed by atoms with Crippen molar-refractivity contribution in [3.63, 3.8) is 0 Å². The van der Waals surface area contributed by atoms with Gasteiger partial charge in [-0.1, -0.05) is 60.7 Å². The first kappa shape index (κ1) is 13.1. The molecule has 0 heterocycles. The van der Waals surface area contributed by atoms with E-state index in [9.17, 15) is 8.42 Å². The highest BCUT2D eigenvalue weighted by atomic mass is 35.7. The number of hydrogen-bond donors (Lipinski definition) is 0. The van der Waals surface area contributed by atoms with Crippen LogP contribution in [0.5, 0.6) is 0 Å². The Morgan fingerprint density at radius 2 is 1.39 bits per heavy atom. The Bertz CT molecular complexity index is 594. The van der Waals surface area contributed by atoms with E-state index >= 15 is 0 Å². The van der Waals surface area contributed by atoms with Crippen molar-refractivity contribution >= 4 is 19.7 Å². The summed E-state index contributed by atoms with van der Waals surface area (Å²) in [5, 5.41) is -0.706. The van der Waals surface area contributed by atoms with Gasteiger partial charge in [0.25, 0.3) is 0 Å². The Balaban J connectivity index is 2.34. The lowest BCUT2D eigenvalue weighted by Crippen LogP contribution is -2.10. The summed E-state index contributed by atoms with van der Waals surface area (Å²) in [6.45, 7) is 0. The molecule has 0 spiro atoms. The highest BCUT2D eigenvalue weighted by Gasteiger charge is 2.25. The minimum Gasteiger partial charge on any atom is -0.212 e. The maximum absolute atomic E-state index is 11.7. The molecule has 0 aliphatic rings. The van der Waals surface area contributed by atoms with Crippen molar-refractivity contribution in [3.05, 3.63) is 71.8 Å². The van der Waals surface area contributed by atoms with Crippen molar-refractivity contribution in [3.8, 4) is 0 Å². The zero-order valence-electron chi connectivity index (χ0n) is 9.66. The fourth-order valence-electron chi connectivity index (χ4n) is 1.88. The summed E-state index contributed by atoms with van der Waals surface area (Å²) in [4.78, 5) is 0. The van der Waals surface area contributed by atoms with Gasteiger partial charge in [0.05, 0.1) is 0 Å². The summed E-state index contributed by atoms with van der Waals surface area (Å²) < 4.78 is 23.4. The van der Waals surface area contributed by atoms with Crippen molar-refractivity contribution in [2.75, 3.05) is 0 Å². The lowest BCUT2D eigenvalue weighted by molar-refractivity contribution is 0.595. The molecule has 0 aliphatic heterocycles. The zero-order chi connectivity index (χ0) is 13.0. The standard InChI is InChI=1S/C14H13ClO2S/c15-18(16,17)14(13-9-5-2-6-10-13)11-12-7-3-1-4-8-12/h1-10,14H,11H2. The molecule has 0 saturated heterocycles. The summed E-state index contributed by atoms with van der Waals surface area (Å²) in [6, 6.07) is 18.5. The molecule has 2 aromatic carbocycles. The monoisotopic (exact) mass is 280 g/mol. The van der Waals surface area contributed by atoms with Crippen LogP contribution in [-0.4, -0.2) is 8.42 Å². The maximum Gasteiger partial charge on any atom is 0.239 e. The van der Waals surface area contributed by atoms with E-state index in [0.29, 0.717) is 6.42 Å². The van der Waals surface area contributed by atoms with Gasteiger partial charge in [-0.05, 0) is 17.5 Å². The maximum atomic E-state index is 11.7. The number of hydrogen-bond acceptors (Lipinski definition) is 2. The predicted octanol–water partition coefficient (Wildman–Crippen LogP) is 3.54. The molecule has 0 fully saturated rings. The van der Waals surface area contributed by atoms with Gasteiger partial charge in [-0.15, -0.1) is 0 Å². The Kier molecular flexibility index (Phi) is 4.04. The molecule has 0 saturated carbocycles. The fourth-order valence-corrected chi connectivity index (χ4v) is 3.25. The summed E-state index contributed by atoms with van der Waals surface area (Å²) in [5.74, 6) is 0. The van der Waals surface area contributed by atoms with Crippen molar-refractivity contribution in [1.29, 1.82) is 0 Å². The highest BCUT2D eigenvalue weighted by molar-refractivity contribution is 8.13. The Morgan fingerprint density at radius 3 is 1.89 bits per heavy atom. The van der Waals surface area contributed by atoms with Crippen molar-refractivity contribution in [2.45, 2.75) is 11.7 Å². The van der Waals surface area contributed by atoms with Gasteiger partial charge in [-0.2, -0.15) is 0 Å². The Hall–Kier alpha value is -1.32. The minimum absolute atomic E-state index is 0.386. The second-order valence-electron chi connectivity index (χ2n) is 4.06. The van der Waals surface area contributed by atoms with Crippen LogP contribution in [0.2, 0.25) is 0 Å². The van der Waals surface area contributed by atoms with E-state index in [4.69, 9.17) is 10.7 Å². The van der Waals surface area contributed by atoms with E-state index in [1.807, 2.05) is 48.5 Å². The zero-order valence-corrected chi connectivity index (χ0v) is 11.2. The van der Waals surface area contributed by atoms with Crippen LogP contribution in [0, 0.1) is 0 Å². The topological polar surface area (TPSA) is 34.1 Å². The second kappa shape index (κ2) is 5.55. The molecule has 18 heavy (non-hydrogen) atoms. The van der Waals surface area contributed by atoms with Gasteiger partial charge in [0.1, 0.15) is 5.25 Å². The Morgan fingerprint density at radius 1 is 0.889 bits per heavy atom. The highest BCUT2D eigenvalue weighted by Crippen LogP contribution is 2.29. The minimum atomic E-state index is -3.64. The molecule has 2 aromatic rings. The van der Waals surface area contributed by atoms with Crippen LogP contribution in [0.3, 0.4) is 0 Å². The summed E-state index contributed by atoms with van der Waals surface area (Å²) >= 11 is 0. The lowest BCUT2D eigenvalue weighted by atomic mass is 10.0. The first-order chi connectivity index (χ1) is 8.57. The third-order valence-electron chi connectivity index (χ3n) is 2.78. The Labute approximate surface area is 112 Å². The van der Waals surface area contributed by atoms with Crippen LogP contribution in [0.15, 0.2) is 60.7 Å². The smallest absolute Gasteiger partial charge is 0.212 e. The molecule has 0 bridgehead atoms. The molecule has 4 heteroatoms. The van der Waals surface area contributed by atoms with Gasteiger partial charge in [0, 0.05) is 10.7 Å². The van der Waals surface area contributed by atoms with Crippen molar-refractivity contribution < 1.29 is 8.42 Å². The van der Waals surface area contributed by atoms with Gasteiger partial charge in [0.15, 0.2) is 0 Å². The van der Waals surface area contributed by atoms with Gasteiger partial charge in [-0.25, -0.2) is 8.42 Å². The number of rotatable bonds is 4. The van der Waals surface area contributed by atoms with Crippen LogP contribution in [0.1, 0.15) is 16.4 Å². The fraction of sp³-hybridized carbons (Fsp3) is 0.143. The van der Waals surface area contributed by atoms with Gasteiger partial charge in [-0.3, -0.25) is 0 Å². The van der Waals surface area contributed by atoms with Crippen LogP contribution >= 0.6 is 10.7 Å².